The van der Waals surface area contributed by atoms with Crippen LogP contribution in [0.25, 0.3) is 171 Å². The van der Waals surface area contributed by atoms with Crippen LogP contribution in [0.5, 0.6) is 0 Å². The van der Waals surface area contributed by atoms with Crippen LogP contribution >= 0.6 is 0 Å². The van der Waals surface area contributed by atoms with Crippen molar-refractivity contribution < 1.29 is 0 Å². The Kier molecular flexibility index (Phi) is 13.4. The number of aryl methyl sites for hydroxylation is 3. The molecule has 0 amide bonds. The van der Waals surface area contributed by atoms with E-state index in [1.165, 1.54) is 148 Å². The van der Waals surface area contributed by atoms with Gasteiger partial charge in [-0.15, -0.1) is 0 Å². The van der Waals surface area contributed by atoms with Gasteiger partial charge >= 0.3 is 0 Å². The standard InChI is InChI=1S/C32H22N4.2C31H22N2/c1-21-10-9-13-23(20-21)35-28-16-7-8-17-29(28)36-31-26(33-32(35)36)19-18-25-24-14-5-6-15-27(24)34(30(25)31)22-11-3-2-4-12-22;1-21-10-9-13-23(20-21)32-28-17-8-6-15-26(28)30-29(32)19-18-25-24-14-5-7-16-27(24)33(31(25)30)22-11-3-2-4-12-22;1-21-10-9-13-23(20-21)33-27-17-8-6-15-25(27)31-29(33)19-18-28-30(31)24-14-5-7-16-26(24)32(28)22-11-3-2-4-12-22/h2-20H,1H3;2*2-20H,1H3. The lowest BCUT2D eigenvalue weighted by atomic mass is 10.1. The zero-order chi connectivity index (χ0) is 67.7. The van der Waals surface area contributed by atoms with Gasteiger partial charge in [-0.3, -0.25) is 8.97 Å². The smallest absolute Gasteiger partial charge is 0.220 e. The van der Waals surface area contributed by atoms with E-state index in [2.05, 4.69) is 398 Å². The molecule has 8 nitrogen and oxygen atoms in total. The summed E-state index contributed by atoms with van der Waals surface area (Å²) in [5.74, 6) is 0.925. The molecule has 0 radical (unpaired) electrons. The molecular weight excluding hydrogens is 1240 g/mol. The van der Waals surface area contributed by atoms with Crippen LogP contribution in [0.4, 0.5) is 0 Å². The Balaban J connectivity index is 0.000000103. The number of rotatable bonds is 6. The van der Waals surface area contributed by atoms with Crippen LogP contribution in [0.15, 0.2) is 346 Å². The van der Waals surface area contributed by atoms with Gasteiger partial charge in [-0.2, -0.15) is 0 Å². The largest absolute Gasteiger partial charge is 0.309 e. The molecule has 0 fully saturated rings. The number of hydrogen-bond acceptors (Lipinski definition) is 1. The van der Waals surface area contributed by atoms with Crippen LogP contribution in [0.3, 0.4) is 0 Å². The predicted molar refractivity (Wildman–Crippen MR) is 428 cm³/mol. The highest BCUT2D eigenvalue weighted by atomic mass is 15.2. The van der Waals surface area contributed by atoms with E-state index in [1.807, 2.05) is 0 Å². The van der Waals surface area contributed by atoms with Gasteiger partial charge in [-0.25, -0.2) is 4.98 Å². The SMILES string of the molecule is Cc1cccc(-n2c3ccccc3c3c2ccc2c4ccccc4n(-c4ccccc4)c23)c1.Cc1cccc(-n2c3ccccc3c3c4c5ccccc5n(-c5ccccc5)c4ccc32)c1.Cc1cccc(-n2c3ccccc3n3c4c(ccc5c6ccccc6n(-c6ccccc6)c54)nc23)c1. The molecule has 0 spiro atoms. The summed E-state index contributed by atoms with van der Waals surface area (Å²) in [5.41, 5.74) is 27.5. The summed E-state index contributed by atoms with van der Waals surface area (Å²) >= 11 is 0. The van der Waals surface area contributed by atoms with Crippen molar-refractivity contribution in [3.8, 4) is 34.1 Å². The average Bonchev–Trinajstić information content (AvgIpc) is 1.55. The molecule has 22 aromatic rings. The van der Waals surface area contributed by atoms with Crippen molar-refractivity contribution in [2.45, 2.75) is 20.8 Å². The summed E-state index contributed by atoms with van der Waals surface area (Å²) in [6.45, 7) is 6.45. The number of imidazole rings is 2. The van der Waals surface area contributed by atoms with Crippen molar-refractivity contribution in [1.82, 2.24) is 36.8 Å². The van der Waals surface area contributed by atoms with E-state index in [4.69, 9.17) is 4.98 Å². The molecule has 482 valence electrons. The molecule has 0 unspecified atom stereocenters. The normalized spacial score (nSPS) is 11.9. The molecule has 15 aromatic carbocycles. The van der Waals surface area contributed by atoms with Gasteiger partial charge in [0.2, 0.25) is 5.78 Å². The van der Waals surface area contributed by atoms with Crippen LogP contribution in [-0.2, 0) is 0 Å². The molecule has 0 aliphatic carbocycles. The highest BCUT2D eigenvalue weighted by molar-refractivity contribution is 6.30. The van der Waals surface area contributed by atoms with Gasteiger partial charge < -0.3 is 22.8 Å². The predicted octanol–water partition coefficient (Wildman–Crippen LogP) is 24.2. The summed E-state index contributed by atoms with van der Waals surface area (Å²) < 4.78 is 16.6. The fourth-order valence-electron chi connectivity index (χ4n) is 16.6. The Morgan fingerprint density at radius 2 is 0.520 bits per heavy atom. The first-order valence-corrected chi connectivity index (χ1v) is 35.0. The van der Waals surface area contributed by atoms with E-state index in [9.17, 15) is 0 Å². The van der Waals surface area contributed by atoms with Gasteiger partial charge in [0.05, 0.1) is 77.2 Å². The number of hydrogen-bond donors (Lipinski definition) is 0. The average molecular weight is 1310 g/mol. The summed E-state index contributed by atoms with van der Waals surface area (Å²) in [6, 6.07) is 124. The minimum Gasteiger partial charge on any atom is -0.309 e. The third kappa shape index (κ3) is 8.99. The molecule has 0 aliphatic heterocycles. The Labute approximate surface area is 587 Å². The number of para-hydroxylation sites is 10. The van der Waals surface area contributed by atoms with Gasteiger partial charge in [0.1, 0.15) is 0 Å². The Bertz CT molecular complexity index is 7080. The fourth-order valence-corrected chi connectivity index (χ4v) is 16.6. The van der Waals surface area contributed by atoms with Gasteiger partial charge in [-0.1, -0.05) is 200 Å². The molecule has 22 rings (SSSR count). The highest BCUT2D eigenvalue weighted by Gasteiger charge is 2.26. The third-order valence-corrected chi connectivity index (χ3v) is 20.8. The lowest BCUT2D eigenvalue weighted by Crippen LogP contribution is -1.95. The van der Waals surface area contributed by atoms with Crippen molar-refractivity contribution >= 4 is 137 Å². The van der Waals surface area contributed by atoms with Gasteiger partial charge in [0.25, 0.3) is 0 Å². The first-order chi connectivity index (χ1) is 50.4. The summed E-state index contributed by atoms with van der Waals surface area (Å²) in [4.78, 5) is 5.23. The fraction of sp³-hybridized carbons (Fsp3) is 0.0319. The summed E-state index contributed by atoms with van der Waals surface area (Å²) in [5, 5.41) is 12.8. The quantitative estimate of drug-likeness (QED) is 0.164. The molecule has 0 N–H and O–H groups in total. The third-order valence-electron chi connectivity index (χ3n) is 20.8. The van der Waals surface area contributed by atoms with Gasteiger partial charge in [0.15, 0.2) is 0 Å². The maximum absolute atomic E-state index is 5.23. The van der Waals surface area contributed by atoms with Crippen LogP contribution in [0.2, 0.25) is 0 Å². The van der Waals surface area contributed by atoms with Crippen LogP contribution in [0.1, 0.15) is 16.7 Å². The first kappa shape index (κ1) is 58.7. The van der Waals surface area contributed by atoms with E-state index in [-0.39, 0.29) is 0 Å². The zero-order valence-electron chi connectivity index (χ0n) is 56.5. The first-order valence-electron chi connectivity index (χ1n) is 35.0. The van der Waals surface area contributed by atoms with E-state index >= 15 is 0 Å². The maximum Gasteiger partial charge on any atom is 0.220 e. The molecule has 0 aliphatic rings. The molecule has 7 heterocycles. The number of aromatic nitrogens is 8. The van der Waals surface area contributed by atoms with E-state index in [0.717, 1.165) is 39.2 Å². The molecule has 0 bridgehead atoms. The highest BCUT2D eigenvalue weighted by Crippen LogP contribution is 2.46. The van der Waals surface area contributed by atoms with Crippen LogP contribution in [0, 0.1) is 20.8 Å². The Morgan fingerprint density at radius 3 is 0.990 bits per heavy atom. The van der Waals surface area contributed by atoms with Crippen molar-refractivity contribution in [3.63, 3.8) is 0 Å². The van der Waals surface area contributed by atoms with Gasteiger partial charge in [0, 0.05) is 88.0 Å². The number of nitrogens with zero attached hydrogens (tertiary/aromatic N) is 8. The maximum atomic E-state index is 5.23. The minimum absolute atomic E-state index is 0.925. The number of fused-ring (bicyclic) bond motifs is 23. The van der Waals surface area contributed by atoms with E-state index < -0.39 is 0 Å². The lowest BCUT2D eigenvalue weighted by molar-refractivity contribution is 1.10. The molecule has 8 heteroatoms. The zero-order valence-corrected chi connectivity index (χ0v) is 56.5. The van der Waals surface area contributed by atoms with Crippen molar-refractivity contribution in [2.24, 2.45) is 0 Å². The summed E-state index contributed by atoms with van der Waals surface area (Å²) in [6.07, 6.45) is 0. The second-order valence-corrected chi connectivity index (χ2v) is 26.9. The molecule has 0 atom stereocenters. The van der Waals surface area contributed by atoms with Crippen LogP contribution < -0.4 is 0 Å². The number of benzene rings is 15. The van der Waals surface area contributed by atoms with Crippen LogP contribution in [-0.4, -0.2) is 36.8 Å². The van der Waals surface area contributed by atoms with Crippen molar-refractivity contribution in [1.29, 1.82) is 0 Å². The second-order valence-electron chi connectivity index (χ2n) is 26.9. The topological polar surface area (TPSA) is 46.9 Å². The molecular formula is C94H66N8. The lowest BCUT2D eigenvalue weighted by Gasteiger charge is -2.10. The molecule has 0 saturated heterocycles. The second kappa shape index (κ2) is 23.4. The molecule has 7 aromatic heterocycles. The van der Waals surface area contributed by atoms with Crippen molar-refractivity contribution in [3.05, 3.63) is 362 Å². The molecule has 102 heavy (non-hydrogen) atoms. The minimum atomic E-state index is 0.925. The van der Waals surface area contributed by atoms with E-state index in [1.54, 1.807) is 0 Å². The van der Waals surface area contributed by atoms with Crippen molar-refractivity contribution in [2.75, 3.05) is 0 Å². The monoisotopic (exact) mass is 1310 g/mol. The molecule has 0 saturated carbocycles. The Morgan fingerprint density at radius 1 is 0.196 bits per heavy atom. The van der Waals surface area contributed by atoms with E-state index in [0.29, 0.717) is 0 Å². The van der Waals surface area contributed by atoms with Gasteiger partial charge in [-0.05, 0) is 183 Å². The summed E-state index contributed by atoms with van der Waals surface area (Å²) in [7, 11) is 0. The Hall–Kier alpha value is -13.4.